The first-order chi connectivity index (χ1) is 9.86. The van der Waals surface area contributed by atoms with Crippen LogP contribution in [-0.4, -0.2) is 13.2 Å². The lowest BCUT2D eigenvalue weighted by molar-refractivity contribution is 0.316. The van der Waals surface area contributed by atoms with Gasteiger partial charge in [-0.2, -0.15) is 0 Å². The van der Waals surface area contributed by atoms with Crippen LogP contribution in [0.1, 0.15) is 31.2 Å². The summed E-state index contributed by atoms with van der Waals surface area (Å²) in [7, 11) is 0. The lowest BCUT2D eigenvalue weighted by Gasteiger charge is -2.22. The smallest absolute Gasteiger partial charge is 0.124 e. The molecule has 2 nitrogen and oxygen atoms in total. The monoisotopic (exact) mass is 271 g/mol. The molecule has 2 saturated carbocycles. The Morgan fingerprint density at radius 3 is 2.90 bits per heavy atom. The largest absolute Gasteiger partial charge is 0.489 e. The molecule has 2 heteroatoms. The van der Waals surface area contributed by atoms with Gasteiger partial charge in [-0.15, -0.1) is 0 Å². The van der Waals surface area contributed by atoms with Crippen molar-refractivity contribution in [1.82, 2.24) is 5.32 Å². The highest BCUT2D eigenvalue weighted by molar-refractivity contribution is 5.33. The van der Waals surface area contributed by atoms with Gasteiger partial charge in [0.25, 0.3) is 0 Å². The maximum absolute atomic E-state index is 5.70. The third-order valence-electron chi connectivity index (χ3n) is 4.94. The minimum Gasteiger partial charge on any atom is -0.489 e. The van der Waals surface area contributed by atoms with Crippen LogP contribution in [0.15, 0.2) is 36.9 Å². The average molecular weight is 271 g/mol. The Bertz CT molecular complexity index is 456. The molecule has 2 fully saturated rings. The van der Waals surface area contributed by atoms with Gasteiger partial charge in [-0.3, -0.25) is 0 Å². The molecule has 0 aliphatic heterocycles. The van der Waals surface area contributed by atoms with Gasteiger partial charge >= 0.3 is 0 Å². The number of fused-ring (bicyclic) bond motifs is 2. The van der Waals surface area contributed by atoms with E-state index in [1.165, 1.54) is 31.2 Å². The highest BCUT2D eigenvalue weighted by Crippen LogP contribution is 2.47. The van der Waals surface area contributed by atoms with Gasteiger partial charge in [0.15, 0.2) is 0 Å². The van der Waals surface area contributed by atoms with E-state index in [0.29, 0.717) is 6.61 Å². The summed E-state index contributed by atoms with van der Waals surface area (Å²) in [6.07, 6.45) is 7.69. The predicted octanol–water partition coefficient (Wildman–Crippen LogP) is 3.78. The number of hydrogen-bond acceptors (Lipinski definition) is 2. The fourth-order valence-electron chi connectivity index (χ4n) is 3.96. The Balaban J connectivity index is 1.49. The molecular weight excluding hydrogens is 246 g/mol. The van der Waals surface area contributed by atoms with Crippen molar-refractivity contribution in [2.75, 3.05) is 13.2 Å². The molecule has 0 saturated heterocycles. The zero-order valence-electron chi connectivity index (χ0n) is 12.2. The summed E-state index contributed by atoms with van der Waals surface area (Å²) in [5.41, 5.74) is 1.25. The Labute approximate surface area is 122 Å². The highest BCUT2D eigenvalue weighted by Gasteiger charge is 2.38. The number of benzene rings is 1. The summed E-state index contributed by atoms with van der Waals surface area (Å²) in [4.78, 5) is 0. The van der Waals surface area contributed by atoms with Crippen LogP contribution < -0.4 is 10.1 Å². The van der Waals surface area contributed by atoms with Gasteiger partial charge in [-0.05, 0) is 49.6 Å². The summed E-state index contributed by atoms with van der Waals surface area (Å²) < 4.78 is 5.70. The fourth-order valence-corrected chi connectivity index (χ4v) is 3.96. The zero-order valence-corrected chi connectivity index (χ0v) is 12.2. The molecule has 0 amide bonds. The van der Waals surface area contributed by atoms with Gasteiger partial charge in [0.2, 0.25) is 0 Å². The van der Waals surface area contributed by atoms with E-state index in [1.54, 1.807) is 6.08 Å². The van der Waals surface area contributed by atoms with Crippen molar-refractivity contribution in [2.45, 2.75) is 32.2 Å². The second-order valence-corrected chi connectivity index (χ2v) is 6.27. The van der Waals surface area contributed by atoms with Crippen LogP contribution in [0.5, 0.6) is 5.75 Å². The quantitative estimate of drug-likeness (QED) is 0.762. The molecule has 0 aromatic heterocycles. The number of hydrogen-bond donors (Lipinski definition) is 1. The van der Waals surface area contributed by atoms with Gasteiger partial charge in [-0.25, -0.2) is 0 Å². The maximum Gasteiger partial charge on any atom is 0.124 e. The third-order valence-corrected chi connectivity index (χ3v) is 4.94. The van der Waals surface area contributed by atoms with Crippen LogP contribution in [0, 0.1) is 17.8 Å². The van der Waals surface area contributed by atoms with Gasteiger partial charge < -0.3 is 10.1 Å². The van der Waals surface area contributed by atoms with E-state index in [2.05, 4.69) is 24.0 Å². The molecule has 0 spiro atoms. The summed E-state index contributed by atoms with van der Waals surface area (Å²) in [6.45, 7) is 6.34. The first-order valence-electron chi connectivity index (χ1n) is 7.89. The molecule has 3 rings (SSSR count). The molecule has 0 radical (unpaired) electrons. The van der Waals surface area contributed by atoms with E-state index >= 15 is 0 Å². The van der Waals surface area contributed by atoms with Crippen molar-refractivity contribution in [1.29, 1.82) is 0 Å². The summed E-state index contributed by atoms with van der Waals surface area (Å²) in [5, 5.41) is 3.64. The molecule has 0 heterocycles. The van der Waals surface area contributed by atoms with E-state index in [0.717, 1.165) is 36.6 Å². The second-order valence-electron chi connectivity index (χ2n) is 6.27. The summed E-state index contributed by atoms with van der Waals surface area (Å²) in [5.74, 6) is 3.93. The topological polar surface area (TPSA) is 21.3 Å². The first kappa shape index (κ1) is 13.7. The normalized spacial score (nSPS) is 27.7. The fraction of sp³-hybridized carbons (Fsp3) is 0.556. The Morgan fingerprint density at radius 1 is 1.25 bits per heavy atom. The summed E-state index contributed by atoms with van der Waals surface area (Å²) in [6, 6.07) is 8.29. The van der Waals surface area contributed by atoms with Crippen molar-refractivity contribution in [3.8, 4) is 5.75 Å². The molecule has 20 heavy (non-hydrogen) atoms. The zero-order chi connectivity index (χ0) is 13.8. The van der Waals surface area contributed by atoms with Gasteiger partial charge in [-0.1, -0.05) is 37.3 Å². The Hall–Kier alpha value is -1.28. The molecule has 3 unspecified atom stereocenters. The predicted molar refractivity (Wildman–Crippen MR) is 82.8 cm³/mol. The summed E-state index contributed by atoms with van der Waals surface area (Å²) >= 11 is 0. The van der Waals surface area contributed by atoms with Crippen LogP contribution in [0.25, 0.3) is 0 Å². The minimum absolute atomic E-state index is 0.573. The van der Waals surface area contributed by atoms with E-state index < -0.39 is 0 Å². The van der Waals surface area contributed by atoms with Gasteiger partial charge in [0.1, 0.15) is 12.4 Å². The van der Waals surface area contributed by atoms with Crippen molar-refractivity contribution in [2.24, 2.45) is 17.8 Å². The van der Waals surface area contributed by atoms with E-state index in [4.69, 9.17) is 4.74 Å². The molecule has 1 aromatic rings. The molecule has 2 bridgehead atoms. The Kier molecular flexibility index (Phi) is 4.41. The molecular formula is C18H25NO. The van der Waals surface area contributed by atoms with Crippen LogP contribution in [-0.2, 0) is 6.54 Å². The number of nitrogens with one attached hydrogen (secondary N) is 1. The van der Waals surface area contributed by atoms with Gasteiger partial charge in [0, 0.05) is 12.1 Å². The SMILES string of the molecule is C=CCOc1ccccc1CNCC1CC2CCC1C2. The minimum atomic E-state index is 0.573. The molecule has 108 valence electrons. The average Bonchev–Trinajstić information content (AvgIpc) is 3.09. The van der Waals surface area contributed by atoms with E-state index in [-0.39, 0.29) is 0 Å². The molecule has 1 aromatic carbocycles. The first-order valence-corrected chi connectivity index (χ1v) is 7.89. The number of para-hydroxylation sites is 1. The van der Waals surface area contributed by atoms with E-state index in [9.17, 15) is 0 Å². The van der Waals surface area contributed by atoms with Crippen LogP contribution in [0.3, 0.4) is 0 Å². The van der Waals surface area contributed by atoms with Gasteiger partial charge in [0.05, 0.1) is 0 Å². The standard InChI is InChI=1S/C18H25NO/c1-2-9-20-18-6-4-3-5-16(18)12-19-13-17-11-14-7-8-15(17)10-14/h2-6,14-15,17,19H,1,7-13H2. The number of ether oxygens (including phenoxy) is 1. The van der Waals surface area contributed by atoms with Crippen LogP contribution >= 0.6 is 0 Å². The lowest BCUT2D eigenvalue weighted by Crippen LogP contribution is -2.26. The second kappa shape index (κ2) is 6.45. The van der Waals surface area contributed by atoms with Crippen LogP contribution in [0.4, 0.5) is 0 Å². The number of rotatable bonds is 7. The van der Waals surface area contributed by atoms with Crippen molar-refractivity contribution in [3.05, 3.63) is 42.5 Å². The highest BCUT2D eigenvalue weighted by atomic mass is 16.5. The lowest BCUT2D eigenvalue weighted by atomic mass is 9.89. The molecule has 2 aliphatic rings. The van der Waals surface area contributed by atoms with Crippen molar-refractivity contribution in [3.63, 3.8) is 0 Å². The maximum atomic E-state index is 5.70. The van der Waals surface area contributed by atoms with E-state index in [1.807, 2.05) is 12.1 Å². The Morgan fingerprint density at radius 2 is 2.15 bits per heavy atom. The third kappa shape index (κ3) is 3.06. The molecule has 3 atom stereocenters. The molecule has 2 aliphatic carbocycles. The molecule has 1 N–H and O–H groups in total. The van der Waals surface area contributed by atoms with Crippen LogP contribution in [0.2, 0.25) is 0 Å². The van der Waals surface area contributed by atoms with Crippen molar-refractivity contribution >= 4 is 0 Å². The van der Waals surface area contributed by atoms with Crippen molar-refractivity contribution < 1.29 is 4.74 Å².